The standard InChI is InChI=1S/C25H27ClN2O6S/c1-6-11-32-25(31)20-15(3)21(24(30)28(4)5)35-23(20)27-22(29)19-10-8-17(34-19)13-33-18-9-7-16(26)12-14(18)2/h7-10,12H,6,11,13H2,1-5H3,(H,27,29). The highest BCUT2D eigenvalue weighted by Gasteiger charge is 2.28. The summed E-state index contributed by atoms with van der Waals surface area (Å²) in [6.07, 6.45) is 0.646. The van der Waals surface area contributed by atoms with Gasteiger partial charge in [0.1, 0.15) is 23.1 Å². The summed E-state index contributed by atoms with van der Waals surface area (Å²) in [5, 5.41) is 3.54. The molecule has 0 bridgehead atoms. The Bertz CT molecular complexity index is 1250. The zero-order valence-corrected chi connectivity index (χ0v) is 21.8. The quantitative estimate of drug-likeness (QED) is 0.364. The molecule has 35 heavy (non-hydrogen) atoms. The molecule has 0 saturated carbocycles. The molecule has 10 heteroatoms. The van der Waals surface area contributed by atoms with Crippen molar-refractivity contribution >= 4 is 45.7 Å². The zero-order valence-electron chi connectivity index (χ0n) is 20.2. The highest BCUT2D eigenvalue weighted by Crippen LogP contribution is 2.35. The van der Waals surface area contributed by atoms with Crippen molar-refractivity contribution in [1.82, 2.24) is 4.90 Å². The van der Waals surface area contributed by atoms with Gasteiger partial charge in [0.25, 0.3) is 11.8 Å². The maximum absolute atomic E-state index is 12.9. The number of carbonyl (C=O) groups excluding carboxylic acids is 3. The van der Waals surface area contributed by atoms with E-state index in [0.717, 1.165) is 16.9 Å². The van der Waals surface area contributed by atoms with E-state index < -0.39 is 11.9 Å². The first-order chi connectivity index (χ1) is 16.6. The van der Waals surface area contributed by atoms with Gasteiger partial charge < -0.3 is 24.1 Å². The molecule has 186 valence electrons. The number of rotatable bonds is 9. The number of nitrogens with one attached hydrogen (secondary N) is 1. The molecule has 0 spiro atoms. The van der Waals surface area contributed by atoms with Gasteiger partial charge in [-0.05, 0) is 61.7 Å². The number of ether oxygens (including phenoxy) is 2. The van der Waals surface area contributed by atoms with E-state index >= 15 is 0 Å². The maximum Gasteiger partial charge on any atom is 0.341 e. The van der Waals surface area contributed by atoms with Crippen molar-refractivity contribution in [3.05, 3.63) is 68.4 Å². The number of amides is 2. The second kappa shape index (κ2) is 11.4. The molecular weight excluding hydrogens is 492 g/mol. The monoisotopic (exact) mass is 518 g/mol. The molecule has 0 unspecified atom stereocenters. The average molecular weight is 519 g/mol. The average Bonchev–Trinajstić information content (AvgIpc) is 3.41. The molecule has 0 radical (unpaired) electrons. The first kappa shape index (κ1) is 26.3. The van der Waals surface area contributed by atoms with Gasteiger partial charge in [-0.3, -0.25) is 9.59 Å². The van der Waals surface area contributed by atoms with E-state index in [0.29, 0.717) is 33.4 Å². The predicted octanol–water partition coefficient (Wildman–Crippen LogP) is 5.71. The van der Waals surface area contributed by atoms with Gasteiger partial charge in [-0.25, -0.2) is 4.79 Å². The lowest BCUT2D eigenvalue weighted by Crippen LogP contribution is -2.21. The molecule has 0 fully saturated rings. The topological polar surface area (TPSA) is 98.1 Å². The van der Waals surface area contributed by atoms with Crippen LogP contribution in [-0.2, 0) is 11.3 Å². The van der Waals surface area contributed by atoms with Gasteiger partial charge in [0, 0.05) is 19.1 Å². The number of benzene rings is 1. The molecule has 0 aliphatic heterocycles. The number of carbonyl (C=O) groups is 3. The first-order valence-corrected chi connectivity index (χ1v) is 12.1. The highest BCUT2D eigenvalue weighted by atomic mass is 35.5. The number of furan rings is 1. The summed E-state index contributed by atoms with van der Waals surface area (Å²) >= 11 is 6.99. The smallest absolute Gasteiger partial charge is 0.341 e. The zero-order chi connectivity index (χ0) is 25.7. The fourth-order valence-corrected chi connectivity index (χ4v) is 4.63. The largest absolute Gasteiger partial charge is 0.485 e. The summed E-state index contributed by atoms with van der Waals surface area (Å²) in [7, 11) is 3.24. The Balaban J connectivity index is 1.78. The van der Waals surface area contributed by atoms with Crippen molar-refractivity contribution in [2.24, 2.45) is 0 Å². The lowest BCUT2D eigenvalue weighted by Gasteiger charge is -2.09. The van der Waals surface area contributed by atoms with Crippen LogP contribution >= 0.6 is 22.9 Å². The number of halogens is 1. The number of esters is 1. The molecule has 0 saturated heterocycles. The van der Waals surface area contributed by atoms with Crippen molar-refractivity contribution in [2.75, 3.05) is 26.0 Å². The third kappa shape index (κ3) is 6.23. The molecule has 2 heterocycles. The normalized spacial score (nSPS) is 10.7. The molecule has 0 aliphatic carbocycles. The predicted molar refractivity (Wildman–Crippen MR) is 135 cm³/mol. The van der Waals surface area contributed by atoms with Crippen LogP contribution in [0, 0.1) is 13.8 Å². The second-order valence-corrected chi connectivity index (χ2v) is 9.47. The van der Waals surface area contributed by atoms with Crippen LogP contribution in [0.1, 0.15) is 60.8 Å². The van der Waals surface area contributed by atoms with E-state index in [4.69, 9.17) is 25.5 Å². The van der Waals surface area contributed by atoms with Crippen molar-refractivity contribution in [2.45, 2.75) is 33.8 Å². The van der Waals surface area contributed by atoms with Crippen LogP contribution in [0.3, 0.4) is 0 Å². The van der Waals surface area contributed by atoms with Gasteiger partial charge in [0.2, 0.25) is 0 Å². The van der Waals surface area contributed by atoms with Crippen LogP contribution < -0.4 is 10.1 Å². The van der Waals surface area contributed by atoms with Crippen molar-refractivity contribution in [3.8, 4) is 5.75 Å². The Hall–Kier alpha value is -3.30. The number of thiophene rings is 1. The molecule has 1 N–H and O–H groups in total. The Labute approximate surface area is 212 Å². The summed E-state index contributed by atoms with van der Waals surface area (Å²) in [5.74, 6) is -0.297. The van der Waals surface area contributed by atoms with Crippen LogP contribution in [0.4, 0.5) is 5.00 Å². The third-order valence-electron chi connectivity index (χ3n) is 5.01. The SMILES string of the molecule is CCCOC(=O)c1c(NC(=O)c2ccc(COc3ccc(Cl)cc3C)o2)sc(C(=O)N(C)C)c1C. The van der Waals surface area contributed by atoms with Gasteiger partial charge >= 0.3 is 5.97 Å². The minimum absolute atomic E-state index is 0.0378. The van der Waals surface area contributed by atoms with Crippen LogP contribution in [0.2, 0.25) is 5.02 Å². The Morgan fingerprint density at radius 1 is 1.14 bits per heavy atom. The van der Waals surface area contributed by atoms with Gasteiger partial charge in [0.15, 0.2) is 5.76 Å². The van der Waals surface area contributed by atoms with Gasteiger partial charge in [-0.1, -0.05) is 18.5 Å². The first-order valence-electron chi connectivity index (χ1n) is 10.9. The van der Waals surface area contributed by atoms with Crippen molar-refractivity contribution < 1.29 is 28.3 Å². The molecule has 0 aliphatic rings. The van der Waals surface area contributed by atoms with Gasteiger partial charge in [0.05, 0.1) is 17.0 Å². The Morgan fingerprint density at radius 2 is 1.89 bits per heavy atom. The van der Waals surface area contributed by atoms with E-state index in [1.807, 2.05) is 13.8 Å². The number of anilines is 1. The lowest BCUT2D eigenvalue weighted by atomic mass is 10.1. The molecule has 8 nitrogen and oxygen atoms in total. The van der Waals surface area contributed by atoms with Gasteiger partial charge in [-0.2, -0.15) is 0 Å². The molecule has 2 aromatic heterocycles. The Morgan fingerprint density at radius 3 is 2.54 bits per heavy atom. The molecular formula is C25H27ClN2O6S. The fourth-order valence-electron chi connectivity index (χ4n) is 3.19. The van der Waals surface area contributed by atoms with Crippen LogP contribution in [0.5, 0.6) is 5.75 Å². The summed E-state index contributed by atoms with van der Waals surface area (Å²) in [4.78, 5) is 40.0. The molecule has 3 rings (SSSR count). The Kier molecular flexibility index (Phi) is 8.58. The summed E-state index contributed by atoms with van der Waals surface area (Å²) in [6, 6.07) is 8.44. The van der Waals surface area contributed by atoms with Crippen LogP contribution in [0.25, 0.3) is 0 Å². The number of hydrogen-bond acceptors (Lipinski definition) is 7. The highest BCUT2D eigenvalue weighted by molar-refractivity contribution is 7.18. The number of nitrogens with zero attached hydrogens (tertiary/aromatic N) is 1. The van der Waals surface area contributed by atoms with Crippen LogP contribution in [0.15, 0.2) is 34.7 Å². The summed E-state index contributed by atoms with van der Waals surface area (Å²) in [6.45, 7) is 5.76. The maximum atomic E-state index is 12.9. The van der Waals surface area contributed by atoms with Crippen LogP contribution in [-0.4, -0.2) is 43.4 Å². The van der Waals surface area contributed by atoms with Gasteiger partial charge in [-0.15, -0.1) is 11.3 Å². The van der Waals surface area contributed by atoms with E-state index in [9.17, 15) is 14.4 Å². The second-order valence-electron chi connectivity index (χ2n) is 8.01. The summed E-state index contributed by atoms with van der Waals surface area (Å²) < 4.78 is 16.7. The molecule has 3 aromatic rings. The lowest BCUT2D eigenvalue weighted by molar-refractivity contribution is 0.0506. The van der Waals surface area contributed by atoms with Crippen molar-refractivity contribution in [3.63, 3.8) is 0 Å². The third-order valence-corrected chi connectivity index (χ3v) is 6.44. The molecule has 0 atom stereocenters. The van der Waals surface area contributed by atoms with E-state index in [1.165, 1.54) is 11.0 Å². The minimum Gasteiger partial charge on any atom is -0.485 e. The molecule has 1 aromatic carbocycles. The van der Waals surface area contributed by atoms with E-state index in [2.05, 4.69) is 5.32 Å². The summed E-state index contributed by atoms with van der Waals surface area (Å²) in [5.41, 5.74) is 1.49. The fraction of sp³-hybridized carbons (Fsp3) is 0.320. The minimum atomic E-state index is -0.597. The number of aryl methyl sites for hydroxylation is 1. The molecule has 2 amide bonds. The number of hydrogen-bond donors (Lipinski definition) is 1. The van der Waals surface area contributed by atoms with E-state index in [-0.39, 0.29) is 35.4 Å². The van der Waals surface area contributed by atoms with Crippen molar-refractivity contribution in [1.29, 1.82) is 0 Å². The van der Waals surface area contributed by atoms with E-state index in [1.54, 1.807) is 45.3 Å².